The number of nitrogens with zero attached hydrogens (tertiary/aromatic N) is 1. The zero-order chi connectivity index (χ0) is 24.0. The number of hydrogen-bond donors (Lipinski definition) is 0. The van der Waals surface area contributed by atoms with Crippen molar-refractivity contribution in [2.24, 2.45) is 0 Å². The number of benzene rings is 2. The molecule has 4 rings (SSSR count). The summed E-state index contributed by atoms with van der Waals surface area (Å²) < 4.78 is 29.3. The Morgan fingerprint density at radius 1 is 1.06 bits per heavy atom. The van der Waals surface area contributed by atoms with Crippen molar-refractivity contribution in [2.45, 2.75) is 51.1 Å². The molecule has 0 atom stereocenters. The zero-order valence-corrected chi connectivity index (χ0v) is 18.0. The summed E-state index contributed by atoms with van der Waals surface area (Å²) in [5.74, 6) is 0.808. The van der Waals surface area contributed by atoms with Gasteiger partial charge in [-0.2, -0.15) is 0 Å². The summed E-state index contributed by atoms with van der Waals surface area (Å²) in [5, 5.41) is 0. The lowest BCUT2D eigenvalue weighted by atomic mass is 10.1. The number of carbonyl (C=O) groups is 2. The smallest absolute Gasteiger partial charge is 0.254 e. The van der Waals surface area contributed by atoms with Crippen LogP contribution >= 0.6 is 0 Å². The summed E-state index contributed by atoms with van der Waals surface area (Å²) in [5.41, 5.74) is 1.63. The second-order valence-electron chi connectivity index (χ2n) is 7.93. The number of furan rings is 1. The first-order chi connectivity index (χ1) is 16.5. The quantitative estimate of drug-likeness (QED) is 0.264. The lowest BCUT2D eigenvalue weighted by Crippen LogP contribution is -2.32. The molecule has 2 aromatic carbocycles. The van der Waals surface area contributed by atoms with Crippen molar-refractivity contribution in [3.8, 4) is 17.1 Å². The predicted octanol–water partition coefficient (Wildman–Crippen LogP) is 5.89. The number of para-hydroxylation sites is 1. The van der Waals surface area contributed by atoms with E-state index < -0.39 is 6.50 Å². The first-order valence-electron chi connectivity index (χ1n) is 12.2. The lowest BCUT2D eigenvalue weighted by molar-refractivity contribution is -0.107. The maximum Gasteiger partial charge on any atom is 0.254 e. The Hall–Kier alpha value is -3.34. The highest BCUT2D eigenvalue weighted by Crippen LogP contribution is 2.32. The molecule has 1 aromatic heterocycles. The fourth-order valence-electron chi connectivity index (χ4n) is 3.50. The third-order valence-corrected chi connectivity index (χ3v) is 5.42. The van der Waals surface area contributed by atoms with Crippen LogP contribution in [0.5, 0.6) is 5.75 Å². The summed E-state index contributed by atoms with van der Waals surface area (Å²) >= 11 is 0. The Morgan fingerprint density at radius 2 is 1.88 bits per heavy atom. The normalized spacial score (nSPS) is 14.4. The Kier molecular flexibility index (Phi) is 6.53. The van der Waals surface area contributed by atoms with Crippen LogP contribution in [0.4, 0.5) is 0 Å². The molecule has 32 heavy (non-hydrogen) atoms. The van der Waals surface area contributed by atoms with Gasteiger partial charge >= 0.3 is 0 Å². The first-order valence-corrected chi connectivity index (χ1v) is 11.2. The van der Waals surface area contributed by atoms with Gasteiger partial charge in [-0.3, -0.25) is 4.79 Å². The SMILES string of the molecule is [2H]C([2H])(c1ccccc1OCCCCCC=O)N(C(=O)c1ccc(-c2ccco2)cc1)C1CC1. The molecule has 1 aliphatic carbocycles. The highest BCUT2D eigenvalue weighted by atomic mass is 16.5. The van der Waals surface area contributed by atoms with Gasteiger partial charge in [-0.25, -0.2) is 0 Å². The number of aldehydes is 1. The van der Waals surface area contributed by atoms with Crippen LogP contribution in [0.25, 0.3) is 11.3 Å². The molecule has 0 N–H and O–H groups in total. The van der Waals surface area contributed by atoms with E-state index in [1.54, 1.807) is 42.7 Å². The van der Waals surface area contributed by atoms with Crippen LogP contribution in [0.2, 0.25) is 0 Å². The number of unbranched alkanes of at least 4 members (excludes halogenated alkanes) is 3. The second-order valence-corrected chi connectivity index (χ2v) is 7.93. The number of ether oxygens (including phenoxy) is 1. The number of carbonyl (C=O) groups excluding carboxylic acids is 2. The van der Waals surface area contributed by atoms with E-state index in [0.717, 1.165) is 44.0 Å². The molecule has 1 saturated carbocycles. The van der Waals surface area contributed by atoms with E-state index in [4.69, 9.17) is 11.9 Å². The molecule has 1 amide bonds. The van der Waals surface area contributed by atoms with Crippen LogP contribution in [0, 0.1) is 0 Å². The number of amides is 1. The van der Waals surface area contributed by atoms with E-state index in [2.05, 4.69) is 0 Å². The molecular weight excluding hydrogens is 402 g/mol. The van der Waals surface area contributed by atoms with E-state index >= 15 is 0 Å². The highest BCUT2D eigenvalue weighted by molar-refractivity contribution is 5.95. The molecule has 0 saturated heterocycles. The van der Waals surface area contributed by atoms with Gasteiger partial charge in [-0.15, -0.1) is 0 Å². The fraction of sp³-hybridized carbons (Fsp3) is 0.333. The van der Waals surface area contributed by atoms with Gasteiger partial charge in [-0.05, 0) is 62.4 Å². The topological polar surface area (TPSA) is 59.8 Å². The molecule has 0 unspecified atom stereocenters. The Labute approximate surface area is 191 Å². The van der Waals surface area contributed by atoms with Crippen molar-refractivity contribution in [3.05, 3.63) is 78.1 Å². The summed E-state index contributed by atoms with van der Waals surface area (Å²) in [6.07, 6.45) is 7.07. The minimum atomic E-state index is -2.04. The van der Waals surface area contributed by atoms with Crippen LogP contribution in [-0.4, -0.2) is 29.7 Å². The van der Waals surface area contributed by atoms with Crippen LogP contribution in [0.15, 0.2) is 71.3 Å². The standard InChI is InChI=1S/C27H29NO4/c29-17-5-1-2-6-18-31-26-9-4-3-8-23(26)20-28(24-15-16-24)27(30)22-13-11-21(12-14-22)25-10-7-19-32-25/h3-4,7-14,17,19,24H,1-2,5-6,15-16,18,20H2/i20D2. The third kappa shape index (κ3) is 5.67. The summed E-state index contributed by atoms with van der Waals surface area (Å²) in [6.45, 7) is -1.61. The average Bonchev–Trinajstić information content (AvgIpc) is 3.51. The Morgan fingerprint density at radius 3 is 2.59 bits per heavy atom. The Balaban J connectivity index is 1.52. The second kappa shape index (κ2) is 10.8. The zero-order valence-electron chi connectivity index (χ0n) is 20.0. The minimum absolute atomic E-state index is 0.149. The van der Waals surface area contributed by atoms with Gasteiger partial charge in [0.15, 0.2) is 0 Å². The van der Waals surface area contributed by atoms with Crippen molar-refractivity contribution in [1.29, 1.82) is 0 Å². The van der Waals surface area contributed by atoms with Gasteiger partial charge in [0.05, 0.1) is 15.6 Å². The molecule has 3 aromatic rings. The summed E-state index contributed by atoms with van der Waals surface area (Å²) in [4.78, 5) is 25.3. The largest absolute Gasteiger partial charge is 0.493 e. The van der Waals surface area contributed by atoms with Crippen LogP contribution in [0.1, 0.15) is 57.2 Å². The van der Waals surface area contributed by atoms with E-state index in [1.165, 1.54) is 4.90 Å². The fourth-order valence-corrected chi connectivity index (χ4v) is 3.50. The molecule has 5 nitrogen and oxygen atoms in total. The van der Waals surface area contributed by atoms with Crippen molar-refractivity contribution >= 4 is 12.2 Å². The molecule has 166 valence electrons. The maximum absolute atomic E-state index is 13.5. The average molecular weight is 434 g/mol. The molecule has 0 spiro atoms. The third-order valence-electron chi connectivity index (χ3n) is 5.42. The van der Waals surface area contributed by atoms with Crippen molar-refractivity contribution in [1.82, 2.24) is 4.90 Å². The molecule has 0 aliphatic heterocycles. The monoisotopic (exact) mass is 433 g/mol. The van der Waals surface area contributed by atoms with Gasteiger partial charge < -0.3 is 18.8 Å². The first kappa shape index (κ1) is 19.4. The lowest BCUT2D eigenvalue weighted by Gasteiger charge is -2.24. The summed E-state index contributed by atoms with van der Waals surface area (Å²) in [7, 11) is 0. The van der Waals surface area contributed by atoms with Crippen LogP contribution in [-0.2, 0) is 11.3 Å². The van der Waals surface area contributed by atoms with Crippen LogP contribution < -0.4 is 4.74 Å². The molecule has 0 radical (unpaired) electrons. The highest BCUT2D eigenvalue weighted by Gasteiger charge is 2.33. The maximum atomic E-state index is 13.5. The number of rotatable bonds is 12. The molecule has 0 bridgehead atoms. The molecule has 1 fully saturated rings. The predicted molar refractivity (Wildman–Crippen MR) is 124 cm³/mol. The number of hydrogen-bond acceptors (Lipinski definition) is 4. The van der Waals surface area contributed by atoms with Gasteiger partial charge in [0.25, 0.3) is 5.91 Å². The van der Waals surface area contributed by atoms with E-state index in [-0.39, 0.29) is 11.9 Å². The molecule has 5 heteroatoms. The van der Waals surface area contributed by atoms with E-state index in [0.29, 0.717) is 35.7 Å². The van der Waals surface area contributed by atoms with Gasteiger partial charge in [0, 0.05) is 35.6 Å². The van der Waals surface area contributed by atoms with Gasteiger partial charge in [0.2, 0.25) is 0 Å². The summed E-state index contributed by atoms with van der Waals surface area (Å²) in [6, 6.07) is 17.6. The van der Waals surface area contributed by atoms with Crippen molar-refractivity contribution in [3.63, 3.8) is 0 Å². The van der Waals surface area contributed by atoms with Crippen molar-refractivity contribution < 1.29 is 21.5 Å². The van der Waals surface area contributed by atoms with Gasteiger partial charge in [-0.1, -0.05) is 30.3 Å². The molecule has 1 aliphatic rings. The van der Waals surface area contributed by atoms with E-state index in [9.17, 15) is 9.59 Å². The Bertz CT molecular complexity index is 1090. The van der Waals surface area contributed by atoms with Crippen LogP contribution in [0.3, 0.4) is 0 Å². The van der Waals surface area contributed by atoms with Crippen molar-refractivity contribution in [2.75, 3.05) is 6.61 Å². The van der Waals surface area contributed by atoms with Gasteiger partial charge in [0.1, 0.15) is 17.8 Å². The minimum Gasteiger partial charge on any atom is -0.493 e. The molecule has 1 heterocycles. The van der Waals surface area contributed by atoms with E-state index in [1.807, 2.05) is 24.3 Å². The molecular formula is C27H29NO4.